The van der Waals surface area contributed by atoms with Gasteiger partial charge in [0.2, 0.25) is 5.95 Å². The summed E-state index contributed by atoms with van der Waals surface area (Å²) < 4.78 is 7.51. The minimum Gasteiger partial charge on any atom is -0.495 e. The van der Waals surface area contributed by atoms with Crippen LogP contribution in [0.5, 0.6) is 5.75 Å². The van der Waals surface area contributed by atoms with Gasteiger partial charge in [0.25, 0.3) is 0 Å². The molecule has 0 saturated carbocycles. The lowest BCUT2D eigenvalue weighted by molar-refractivity contribution is 0.416. The number of aromatic nitrogens is 2. The Hall–Kier alpha value is -2.11. The summed E-state index contributed by atoms with van der Waals surface area (Å²) in [6, 6.07) is 7.98. The van der Waals surface area contributed by atoms with Crippen molar-refractivity contribution in [3.63, 3.8) is 0 Å². The highest BCUT2D eigenvalue weighted by Crippen LogP contribution is 2.37. The Labute approximate surface area is 176 Å². The molecule has 0 aliphatic heterocycles. The van der Waals surface area contributed by atoms with E-state index in [0.717, 1.165) is 40.8 Å². The Morgan fingerprint density at radius 1 is 1.18 bits per heavy atom. The van der Waals surface area contributed by atoms with E-state index in [2.05, 4.69) is 24.5 Å². The summed E-state index contributed by atoms with van der Waals surface area (Å²) in [6.07, 6.45) is 2.09. The first-order valence-corrected chi connectivity index (χ1v) is 10.2. The number of hydrogen-bond donors (Lipinski definition) is 2. The van der Waals surface area contributed by atoms with Gasteiger partial charge in [-0.2, -0.15) is 0 Å². The van der Waals surface area contributed by atoms with Gasteiger partial charge >= 0.3 is 0 Å². The van der Waals surface area contributed by atoms with Crippen molar-refractivity contribution in [1.82, 2.24) is 9.55 Å². The number of ether oxygens (including phenoxy) is 1. The van der Waals surface area contributed by atoms with Crippen LogP contribution in [-0.2, 0) is 7.05 Å². The maximum absolute atomic E-state index is 6.46. The van der Waals surface area contributed by atoms with Crippen molar-refractivity contribution in [2.75, 3.05) is 17.7 Å². The van der Waals surface area contributed by atoms with E-state index in [4.69, 9.17) is 32.9 Å². The van der Waals surface area contributed by atoms with Crippen LogP contribution in [0.2, 0.25) is 10.0 Å². The third kappa shape index (κ3) is 3.87. The van der Waals surface area contributed by atoms with Crippen LogP contribution in [0.15, 0.2) is 24.3 Å². The van der Waals surface area contributed by atoms with Gasteiger partial charge in [-0.05, 0) is 43.5 Å². The van der Waals surface area contributed by atoms with Crippen LogP contribution in [0.25, 0.3) is 11.0 Å². The summed E-state index contributed by atoms with van der Waals surface area (Å²) >= 11 is 12.6. The molecule has 0 radical (unpaired) electrons. The zero-order chi connectivity index (χ0) is 20.4. The molecule has 0 atom stereocenters. The van der Waals surface area contributed by atoms with Gasteiger partial charge in [-0.15, -0.1) is 0 Å². The van der Waals surface area contributed by atoms with Gasteiger partial charge in [0.15, 0.2) is 0 Å². The van der Waals surface area contributed by atoms with E-state index in [9.17, 15) is 0 Å². The molecule has 0 fully saturated rings. The molecule has 0 amide bonds. The first-order chi connectivity index (χ1) is 13.4. The molecule has 0 unspecified atom stereocenters. The van der Waals surface area contributed by atoms with Gasteiger partial charge < -0.3 is 19.9 Å². The molecule has 0 saturated heterocycles. The van der Waals surface area contributed by atoms with Gasteiger partial charge in [-0.3, -0.25) is 0 Å². The molecule has 1 heterocycles. The van der Waals surface area contributed by atoms with Gasteiger partial charge in [0.05, 0.1) is 29.0 Å². The highest BCUT2D eigenvalue weighted by Gasteiger charge is 2.18. The molecular formula is C21H26Cl2N4O. The maximum Gasteiger partial charge on any atom is 0.208 e. The minimum absolute atomic E-state index is 0.397. The van der Waals surface area contributed by atoms with Crippen LogP contribution in [0.4, 0.5) is 17.3 Å². The molecule has 0 aliphatic rings. The Morgan fingerprint density at radius 3 is 2.54 bits per heavy atom. The number of nitrogens with zero attached hydrogens (tertiary/aromatic N) is 2. The van der Waals surface area contributed by atoms with Gasteiger partial charge in [0.1, 0.15) is 11.3 Å². The molecule has 5 nitrogen and oxygen atoms in total. The predicted molar refractivity (Wildman–Crippen MR) is 120 cm³/mol. The van der Waals surface area contributed by atoms with Crippen molar-refractivity contribution < 1.29 is 4.74 Å². The summed E-state index contributed by atoms with van der Waals surface area (Å²) in [6.45, 7) is 6.34. The van der Waals surface area contributed by atoms with Crippen LogP contribution < -0.4 is 15.4 Å². The molecule has 2 aromatic carbocycles. The maximum atomic E-state index is 6.46. The van der Waals surface area contributed by atoms with Crippen LogP contribution in [-0.4, -0.2) is 22.7 Å². The zero-order valence-electron chi connectivity index (χ0n) is 16.9. The van der Waals surface area contributed by atoms with Gasteiger partial charge in [-0.1, -0.05) is 37.0 Å². The standard InChI is InChI=1S/C21H26Cl2N4O/c1-6-14(7-2)24-16-9-8-15(23)19-20(16)27(4)21(26-19)25-18-12(3)10-13(22)11-17(18)28-5/h8-11,14,24H,6-7H2,1-5H3,(H,25,26). The lowest BCUT2D eigenvalue weighted by Crippen LogP contribution is -2.17. The molecule has 3 rings (SSSR count). The number of aryl methyl sites for hydroxylation is 2. The number of anilines is 3. The lowest BCUT2D eigenvalue weighted by Gasteiger charge is -2.18. The average molecular weight is 421 g/mol. The predicted octanol–water partition coefficient (Wildman–Crippen LogP) is 6.54. The molecule has 2 N–H and O–H groups in total. The Balaban J connectivity index is 2.09. The van der Waals surface area contributed by atoms with E-state index >= 15 is 0 Å². The first kappa shape index (κ1) is 20.6. The third-order valence-electron chi connectivity index (χ3n) is 5.04. The largest absolute Gasteiger partial charge is 0.495 e. The Morgan fingerprint density at radius 2 is 1.89 bits per heavy atom. The Bertz CT molecular complexity index is 996. The fourth-order valence-corrected chi connectivity index (χ4v) is 3.83. The molecule has 150 valence electrons. The van der Waals surface area contributed by atoms with Crippen molar-refractivity contribution in [2.45, 2.75) is 39.7 Å². The van der Waals surface area contributed by atoms with Crippen molar-refractivity contribution >= 4 is 51.6 Å². The molecule has 0 bridgehead atoms. The SMILES string of the molecule is CCC(CC)Nc1ccc(Cl)c2nc(Nc3c(C)cc(Cl)cc3OC)n(C)c12. The fraction of sp³-hybridized carbons (Fsp3) is 0.381. The molecule has 7 heteroatoms. The van der Waals surface area contributed by atoms with Crippen molar-refractivity contribution in [3.05, 3.63) is 39.9 Å². The van der Waals surface area contributed by atoms with Crippen LogP contribution >= 0.6 is 23.2 Å². The Kier molecular flexibility index (Phi) is 6.26. The van der Waals surface area contributed by atoms with Crippen LogP contribution in [0.1, 0.15) is 32.3 Å². The molecular weight excluding hydrogens is 395 g/mol. The number of fused-ring (bicyclic) bond motifs is 1. The van der Waals surface area contributed by atoms with Crippen molar-refractivity contribution in [2.24, 2.45) is 7.05 Å². The number of rotatable bonds is 7. The summed E-state index contributed by atoms with van der Waals surface area (Å²) in [5.41, 5.74) is 4.55. The monoisotopic (exact) mass is 420 g/mol. The highest BCUT2D eigenvalue weighted by atomic mass is 35.5. The second kappa shape index (κ2) is 8.50. The van der Waals surface area contributed by atoms with E-state index in [0.29, 0.717) is 27.8 Å². The summed E-state index contributed by atoms with van der Waals surface area (Å²) in [5.74, 6) is 1.35. The van der Waals surface area contributed by atoms with E-state index < -0.39 is 0 Å². The molecule has 0 spiro atoms. The number of hydrogen-bond acceptors (Lipinski definition) is 4. The average Bonchev–Trinajstić information content (AvgIpc) is 3.01. The number of imidazole rings is 1. The molecule has 28 heavy (non-hydrogen) atoms. The molecule has 0 aliphatic carbocycles. The van der Waals surface area contributed by atoms with E-state index in [1.807, 2.05) is 36.7 Å². The number of benzene rings is 2. The summed E-state index contributed by atoms with van der Waals surface area (Å²) in [5, 5.41) is 8.26. The number of nitrogens with one attached hydrogen (secondary N) is 2. The molecule has 3 aromatic rings. The van der Waals surface area contributed by atoms with Crippen LogP contribution in [0, 0.1) is 6.92 Å². The lowest BCUT2D eigenvalue weighted by atomic mass is 10.1. The smallest absolute Gasteiger partial charge is 0.208 e. The first-order valence-electron chi connectivity index (χ1n) is 9.42. The number of halogens is 2. The summed E-state index contributed by atoms with van der Waals surface area (Å²) in [7, 11) is 3.60. The van der Waals surface area contributed by atoms with E-state index in [1.165, 1.54) is 0 Å². The fourth-order valence-electron chi connectivity index (χ4n) is 3.37. The van der Waals surface area contributed by atoms with Gasteiger partial charge in [-0.25, -0.2) is 4.98 Å². The van der Waals surface area contributed by atoms with Gasteiger partial charge in [0, 0.05) is 24.2 Å². The normalized spacial score (nSPS) is 11.3. The minimum atomic E-state index is 0.397. The van der Waals surface area contributed by atoms with Crippen molar-refractivity contribution in [1.29, 1.82) is 0 Å². The quantitative estimate of drug-likeness (QED) is 0.455. The second-order valence-electron chi connectivity index (χ2n) is 6.87. The third-order valence-corrected chi connectivity index (χ3v) is 5.56. The zero-order valence-corrected chi connectivity index (χ0v) is 18.4. The van der Waals surface area contributed by atoms with E-state index in [1.54, 1.807) is 13.2 Å². The van der Waals surface area contributed by atoms with E-state index in [-0.39, 0.29) is 0 Å². The summed E-state index contributed by atoms with van der Waals surface area (Å²) in [4.78, 5) is 4.76. The van der Waals surface area contributed by atoms with Crippen LogP contribution in [0.3, 0.4) is 0 Å². The topological polar surface area (TPSA) is 51.1 Å². The second-order valence-corrected chi connectivity index (χ2v) is 7.71. The number of methoxy groups -OCH3 is 1. The van der Waals surface area contributed by atoms with Crippen molar-refractivity contribution in [3.8, 4) is 5.75 Å². The molecule has 1 aromatic heterocycles. The highest BCUT2D eigenvalue weighted by molar-refractivity contribution is 6.35.